The second kappa shape index (κ2) is 6.55. The molecule has 2 heterocycles. The minimum absolute atomic E-state index is 0.152. The Morgan fingerprint density at radius 2 is 2.00 bits per heavy atom. The van der Waals surface area contributed by atoms with Gasteiger partial charge in [-0.15, -0.1) is 0 Å². The van der Waals surface area contributed by atoms with Gasteiger partial charge >= 0.3 is 0 Å². The van der Waals surface area contributed by atoms with Crippen LogP contribution in [-0.2, 0) is 6.54 Å². The van der Waals surface area contributed by atoms with Gasteiger partial charge in [0.2, 0.25) is 0 Å². The van der Waals surface area contributed by atoms with Gasteiger partial charge in [0.25, 0.3) is 0 Å². The van der Waals surface area contributed by atoms with E-state index in [2.05, 4.69) is 9.80 Å². The van der Waals surface area contributed by atoms with Gasteiger partial charge in [0.15, 0.2) is 0 Å². The quantitative estimate of drug-likeness (QED) is 0.856. The van der Waals surface area contributed by atoms with Crippen LogP contribution in [0.25, 0.3) is 0 Å². The molecule has 0 bridgehead atoms. The number of piperidine rings is 1. The summed E-state index contributed by atoms with van der Waals surface area (Å²) >= 11 is 0. The molecule has 3 rings (SSSR count). The van der Waals surface area contributed by atoms with Gasteiger partial charge in [0.05, 0.1) is 5.56 Å². The third-order valence-corrected chi connectivity index (χ3v) is 4.71. The summed E-state index contributed by atoms with van der Waals surface area (Å²) in [7, 11) is 0. The largest absolute Gasteiger partial charge is 0.299 e. The first kappa shape index (κ1) is 14.5. The summed E-state index contributed by atoms with van der Waals surface area (Å²) in [6.07, 6.45) is 5.27. The summed E-state index contributed by atoms with van der Waals surface area (Å²) in [5.74, 6) is -0.422. The van der Waals surface area contributed by atoms with Crippen molar-refractivity contribution in [2.45, 2.75) is 38.3 Å². The number of hydrogen-bond acceptors (Lipinski definition) is 3. The molecule has 0 saturated carbocycles. The molecule has 1 atom stereocenters. The molecule has 112 valence electrons. The number of nitriles is 1. The molecule has 0 radical (unpaired) electrons. The molecule has 0 N–H and O–H groups in total. The van der Waals surface area contributed by atoms with Gasteiger partial charge in [-0.2, -0.15) is 5.26 Å². The van der Waals surface area contributed by atoms with Crippen LogP contribution in [0.4, 0.5) is 4.39 Å². The molecule has 0 aromatic heterocycles. The van der Waals surface area contributed by atoms with Crippen molar-refractivity contribution in [2.75, 3.05) is 26.2 Å². The van der Waals surface area contributed by atoms with E-state index < -0.39 is 5.82 Å². The summed E-state index contributed by atoms with van der Waals surface area (Å²) in [5, 5.41) is 8.91. The first-order valence-electron chi connectivity index (χ1n) is 7.91. The van der Waals surface area contributed by atoms with Crippen LogP contribution in [0, 0.1) is 17.1 Å². The monoisotopic (exact) mass is 287 g/mol. The van der Waals surface area contributed by atoms with Gasteiger partial charge in [-0.1, -0.05) is 12.5 Å². The number of benzene rings is 1. The minimum atomic E-state index is -0.422. The van der Waals surface area contributed by atoms with E-state index in [1.807, 2.05) is 6.07 Å². The zero-order chi connectivity index (χ0) is 14.7. The molecule has 2 saturated heterocycles. The second-order valence-corrected chi connectivity index (χ2v) is 6.20. The summed E-state index contributed by atoms with van der Waals surface area (Å²) in [4.78, 5) is 5.06. The molecule has 1 aromatic rings. The summed E-state index contributed by atoms with van der Waals surface area (Å²) in [6, 6.07) is 7.49. The number of likely N-dealkylation sites (tertiary alicyclic amines) is 2. The highest BCUT2D eigenvalue weighted by Gasteiger charge is 2.28. The molecule has 0 aliphatic carbocycles. The van der Waals surface area contributed by atoms with Gasteiger partial charge in [-0.3, -0.25) is 9.80 Å². The molecule has 1 unspecified atom stereocenters. The van der Waals surface area contributed by atoms with Gasteiger partial charge < -0.3 is 0 Å². The number of hydrogen-bond donors (Lipinski definition) is 0. The zero-order valence-corrected chi connectivity index (χ0v) is 12.4. The summed E-state index contributed by atoms with van der Waals surface area (Å²) < 4.78 is 13.3. The van der Waals surface area contributed by atoms with E-state index in [1.54, 1.807) is 12.1 Å². The van der Waals surface area contributed by atoms with Gasteiger partial charge in [-0.25, -0.2) is 4.39 Å². The fraction of sp³-hybridized carbons (Fsp3) is 0.588. The van der Waals surface area contributed by atoms with E-state index in [1.165, 1.54) is 44.8 Å². The smallest absolute Gasteiger partial charge is 0.140 e. The van der Waals surface area contributed by atoms with Crippen molar-refractivity contribution >= 4 is 0 Å². The zero-order valence-electron chi connectivity index (χ0n) is 12.4. The number of halogens is 1. The number of rotatable bonds is 3. The summed E-state index contributed by atoms with van der Waals surface area (Å²) in [5.41, 5.74) is 1.19. The second-order valence-electron chi connectivity index (χ2n) is 6.20. The average Bonchev–Trinajstić information content (AvgIpc) is 2.98. The van der Waals surface area contributed by atoms with E-state index in [-0.39, 0.29) is 5.56 Å². The van der Waals surface area contributed by atoms with Gasteiger partial charge in [0, 0.05) is 25.7 Å². The molecule has 21 heavy (non-hydrogen) atoms. The Hall–Kier alpha value is -1.44. The lowest BCUT2D eigenvalue weighted by molar-refractivity contribution is 0.161. The highest BCUT2D eigenvalue weighted by atomic mass is 19.1. The standard InChI is InChI=1S/C17H22FN3/c18-17-5-4-14(10-15(17)11-19)12-20-9-6-16(13-20)21-7-2-1-3-8-21/h4-5,10,16H,1-3,6-9,12-13H2. The van der Waals surface area contributed by atoms with Crippen molar-refractivity contribution in [3.63, 3.8) is 0 Å². The fourth-order valence-electron chi connectivity index (χ4n) is 3.55. The Bertz CT molecular complexity index is 531. The maximum absolute atomic E-state index is 13.3. The predicted molar refractivity (Wildman–Crippen MR) is 80.2 cm³/mol. The van der Waals surface area contributed by atoms with Crippen LogP contribution >= 0.6 is 0 Å². The van der Waals surface area contributed by atoms with Gasteiger partial charge in [-0.05, 0) is 50.0 Å². The van der Waals surface area contributed by atoms with Crippen LogP contribution in [0.5, 0.6) is 0 Å². The molecule has 2 aliphatic rings. The Balaban J connectivity index is 1.58. The van der Waals surface area contributed by atoms with Crippen LogP contribution in [0.2, 0.25) is 0 Å². The van der Waals surface area contributed by atoms with Crippen molar-refractivity contribution in [3.05, 3.63) is 35.1 Å². The Labute approximate surface area is 126 Å². The normalized spacial score (nSPS) is 24.1. The molecule has 2 fully saturated rings. The van der Waals surface area contributed by atoms with E-state index in [0.717, 1.165) is 25.2 Å². The molecule has 4 heteroatoms. The third kappa shape index (κ3) is 3.42. The minimum Gasteiger partial charge on any atom is -0.299 e. The third-order valence-electron chi connectivity index (χ3n) is 4.71. The van der Waals surface area contributed by atoms with E-state index in [0.29, 0.717) is 6.04 Å². The first-order chi connectivity index (χ1) is 10.3. The van der Waals surface area contributed by atoms with Crippen LogP contribution < -0.4 is 0 Å². The first-order valence-corrected chi connectivity index (χ1v) is 7.91. The molecule has 1 aromatic carbocycles. The molecule has 2 aliphatic heterocycles. The lowest BCUT2D eigenvalue weighted by Gasteiger charge is -2.32. The SMILES string of the molecule is N#Cc1cc(CN2CCC(N3CCCCC3)C2)ccc1F. The Morgan fingerprint density at radius 3 is 2.76 bits per heavy atom. The highest BCUT2D eigenvalue weighted by Crippen LogP contribution is 2.22. The fourth-order valence-corrected chi connectivity index (χ4v) is 3.55. The lowest BCUT2D eigenvalue weighted by Crippen LogP contribution is -2.40. The maximum Gasteiger partial charge on any atom is 0.140 e. The molecule has 0 amide bonds. The molecule has 3 nitrogen and oxygen atoms in total. The van der Waals surface area contributed by atoms with Crippen molar-refractivity contribution in [2.24, 2.45) is 0 Å². The van der Waals surface area contributed by atoms with Crippen molar-refractivity contribution < 1.29 is 4.39 Å². The lowest BCUT2D eigenvalue weighted by atomic mass is 10.1. The molecular formula is C17H22FN3. The molecule has 0 spiro atoms. The van der Waals surface area contributed by atoms with E-state index >= 15 is 0 Å². The van der Waals surface area contributed by atoms with E-state index in [4.69, 9.17) is 5.26 Å². The van der Waals surface area contributed by atoms with Crippen LogP contribution in [0.15, 0.2) is 18.2 Å². The predicted octanol–water partition coefficient (Wildman–Crippen LogP) is 2.76. The highest BCUT2D eigenvalue weighted by molar-refractivity contribution is 5.34. The van der Waals surface area contributed by atoms with Crippen LogP contribution in [0.3, 0.4) is 0 Å². The number of nitrogens with zero attached hydrogens (tertiary/aromatic N) is 3. The summed E-state index contributed by atoms with van der Waals surface area (Å²) in [6.45, 7) is 5.50. The topological polar surface area (TPSA) is 30.3 Å². The van der Waals surface area contributed by atoms with E-state index in [9.17, 15) is 4.39 Å². The Kier molecular flexibility index (Phi) is 4.52. The molecular weight excluding hydrogens is 265 g/mol. The van der Waals surface area contributed by atoms with Crippen molar-refractivity contribution in [1.82, 2.24) is 9.80 Å². The van der Waals surface area contributed by atoms with Crippen molar-refractivity contribution in [3.8, 4) is 6.07 Å². The maximum atomic E-state index is 13.3. The van der Waals surface area contributed by atoms with Crippen molar-refractivity contribution in [1.29, 1.82) is 5.26 Å². The Morgan fingerprint density at radius 1 is 1.19 bits per heavy atom. The van der Waals surface area contributed by atoms with Crippen LogP contribution in [0.1, 0.15) is 36.8 Å². The average molecular weight is 287 g/mol. The van der Waals surface area contributed by atoms with Crippen LogP contribution in [-0.4, -0.2) is 42.0 Å². The van der Waals surface area contributed by atoms with Gasteiger partial charge in [0.1, 0.15) is 11.9 Å².